The molecule has 0 spiro atoms. The van der Waals surface area contributed by atoms with E-state index in [2.05, 4.69) is 69.2 Å². The molecule has 0 saturated heterocycles. The summed E-state index contributed by atoms with van der Waals surface area (Å²) >= 11 is 0. The highest BCUT2D eigenvalue weighted by atomic mass is 15.2. The van der Waals surface area contributed by atoms with E-state index in [1.807, 2.05) is 0 Å². The van der Waals surface area contributed by atoms with E-state index in [-0.39, 0.29) is 0 Å². The number of nitrogens with one attached hydrogen (secondary N) is 1. The summed E-state index contributed by atoms with van der Waals surface area (Å²) < 4.78 is 0. The van der Waals surface area contributed by atoms with Crippen LogP contribution in [0, 0.1) is 0 Å². The highest BCUT2D eigenvalue weighted by Gasteiger charge is 2.22. The number of nitrogens with zero attached hydrogens (tertiary/aromatic N) is 1. The van der Waals surface area contributed by atoms with E-state index in [1.54, 1.807) is 5.56 Å². The van der Waals surface area contributed by atoms with Crippen molar-refractivity contribution in [2.45, 2.75) is 96.8 Å². The van der Waals surface area contributed by atoms with E-state index < -0.39 is 0 Å². The fourth-order valence-electron chi connectivity index (χ4n) is 4.04. The molecule has 24 heavy (non-hydrogen) atoms. The lowest BCUT2D eigenvalue weighted by atomic mass is 9.81. The SMILES string of the molecule is CCC(C)N(Cc1ccc([C@H]2CC[C@H](NC)CC2)cc1)C(C)CC. The van der Waals surface area contributed by atoms with E-state index in [1.165, 1.54) is 44.1 Å². The first kappa shape index (κ1) is 19.5. The smallest absolute Gasteiger partial charge is 0.0239 e. The molecule has 1 aromatic rings. The fourth-order valence-corrected chi connectivity index (χ4v) is 4.04. The van der Waals surface area contributed by atoms with Crippen LogP contribution in [-0.2, 0) is 6.54 Å². The maximum atomic E-state index is 3.43. The minimum atomic E-state index is 0.649. The number of benzene rings is 1. The van der Waals surface area contributed by atoms with E-state index in [4.69, 9.17) is 0 Å². The van der Waals surface area contributed by atoms with Crippen LogP contribution >= 0.6 is 0 Å². The Morgan fingerprint density at radius 1 is 0.958 bits per heavy atom. The summed E-state index contributed by atoms with van der Waals surface area (Å²) in [5.74, 6) is 0.767. The summed E-state index contributed by atoms with van der Waals surface area (Å²) in [4.78, 5) is 2.66. The Hall–Kier alpha value is -0.860. The fraction of sp³-hybridized carbons (Fsp3) is 0.727. The lowest BCUT2D eigenvalue weighted by Crippen LogP contribution is -2.39. The zero-order valence-corrected chi connectivity index (χ0v) is 16.5. The number of hydrogen-bond acceptors (Lipinski definition) is 2. The van der Waals surface area contributed by atoms with E-state index >= 15 is 0 Å². The van der Waals surface area contributed by atoms with Gasteiger partial charge in [-0.3, -0.25) is 4.90 Å². The molecule has 0 aromatic heterocycles. The molecule has 0 heterocycles. The Balaban J connectivity index is 1.98. The van der Waals surface area contributed by atoms with Gasteiger partial charge in [0.2, 0.25) is 0 Å². The normalized spacial score (nSPS) is 24.1. The van der Waals surface area contributed by atoms with Crippen LogP contribution in [0.4, 0.5) is 0 Å². The standard InChI is InChI=1S/C22H38N2/c1-6-17(3)24(18(4)7-2)16-19-8-10-20(11-9-19)21-12-14-22(23-5)15-13-21/h8-11,17-18,21-23H,6-7,12-16H2,1-5H3/t17?,18?,21-,22-. The summed E-state index contributed by atoms with van der Waals surface area (Å²) in [5.41, 5.74) is 3.01. The van der Waals surface area contributed by atoms with Gasteiger partial charge in [-0.05, 0) is 76.5 Å². The molecule has 1 N–H and O–H groups in total. The van der Waals surface area contributed by atoms with E-state index in [9.17, 15) is 0 Å². The molecule has 2 unspecified atom stereocenters. The second-order valence-corrected chi connectivity index (χ2v) is 7.77. The van der Waals surface area contributed by atoms with E-state index in [0.29, 0.717) is 12.1 Å². The van der Waals surface area contributed by atoms with Gasteiger partial charge in [0.1, 0.15) is 0 Å². The van der Waals surface area contributed by atoms with Gasteiger partial charge in [-0.2, -0.15) is 0 Å². The van der Waals surface area contributed by atoms with Gasteiger partial charge < -0.3 is 5.32 Å². The third-order valence-corrected chi connectivity index (χ3v) is 6.27. The molecule has 2 atom stereocenters. The summed E-state index contributed by atoms with van der Waals surface area (Å²) in [6, 6.07) is 11.6. The van der Waals surface area contributed by atoms with Gasteiger partial charge in [-0.1, -0.05) is 38.1 Å². The van der Waals surface area contributed by atoms with Gasteiger partial charge in [0.25, 0.3) is 0 Å². The Morgan fingerprint density at radius 2 is 1.50 bits per heavy atom. The second-order valence-electron chi connectivity index (χ2n) is 7.77. The lowest BCUT2D eigenvalue weighted by molar-refractivity contribution is 0.137. The minimum Gasteiger partial charge on any atom is -0.317 e. The molecule has 1 saturated carbocycles. The predicted molar refractivity (Wildman–Crippen MR) is 106 cm³/mol. The van der Waals surface area contributed by atoms with Crippen LogP contribution in [0.3, 0.4) is 0 Å². The van der Waals surface area contributed by atoms with Crippen molar-refractivity contribution in [2.75, 3.05) is 7.05 Å². The zero-order chi connectivity index (χ0) is 17.5. The first-order valence-electron chi connectivity index (χ1n) is 10.1. The van der Waals surface area contributed by atoms with Gasteiger partial charge in [0.15, 0.2) is 0 Å². The molecule has 0 bridgehead atoms. The van der Waals surface area contributed by atoms with Crippen LogP contribution in [0.2, 0.25) is 0 Å². The van der Waals surface area contributed by atoms with Crippen molar-refractivity contribution in [3.8, 4) is 0 Å². The van der Waals surface area contributed by atoms with Crippen LogP contribution in [-0.4, -0.2) is 30.1 Å². The molecular weight excluding hydrogens is 292 g/mol. The van der Waals surface area contributed by atoms with Crippen molar-refractivity contribution in [1.82, 2.24) is 10.2 Å². The summed E-state index contributed by atoms with van der Waals surface area (Å²) in [7, 11) is 2.10. The van der Waals surface area contributed by atoms with Gasteiger partial charge in [-0.25, -0.2) is 0 Å². The van der Waals surface area contributed by atoms with Gasteiger partial charge in [0, 0.05) is 24.7 Å². The molecule has 0 amide bonds. The molecule has 1 aliphatic carbocycles. The maximum Gasteiger partial charge on any atom is 0.0239 e. The van der Waals surface area contributed by atoms with Gasteiger partial charge in [-0.15, -0.1) is 0 Å². The van der Waals surface area contributed by atoms with Crippen molar-refractivity contribution in [1.29, 1.82) is 0 Å². The Kier molecular flexibility index (Phi) is 7.77. The third-order valence-electron chi connectivity index (χ3n) is 6.27. The molecule has 1 aliphatic rings. The Bertz CT molecular complexity index is 449. The maximum absolute atomic E-state index is 3.43. The van der Waals surface area contributed by atoms with Crippen molar-refractivity contribution < 1.29 is 0 Å². The zero-order valence-electron chi connectivity index (χ0n) is 16.5. The van der Waals surface area contributed by atoms with Crippen LogP contribution in [0.25, 0.3) is 0 Å². The highest BCUT2D eigenvalue weighted by molar-refractivity contribution is 5.26. The molecule has 0 radical (unpaired) electrons. The molecule has 136 valence electrons. The monoisotopic (exact) mass is 330 g/mol. The van der Waals surface area contributed by atoms with Gasteiger partial charge in [0.05, 0.1) is 0 Å². The molecule has 2 rings (SSSR count). The minimum absolute atomic E-state index is 0.649. The van der Waals surface area contributed by atoms with Crippen LogP contribution in [0.5, 0.6) is 0 Å². The molecule has 2 nitrogen and oxygen atoms in total. The number of rotatable bonds is 8. The largest absolute Gasteiger partial charge is 0.317 e. The summed E-state index contributed by atoms with van der Waals surface area (Å²) in [5, 5.41) is 3.43. The molecule has 1 fully saturated rings. The number of hydrogen-bond donors (Lipinski definition) is 1. The average Bonchev–Trinajstić information content (AvgIpc) is 2.65. The summed E-state index contributed by atoms with van der Waals surface area (Å²) in [6.07, 6.45) is 7.74. The van der Waals surface area contributed by atoms with Crippen molar-refractivity contribution >= 4 is 0 Å². The molecule has 0 aliphatic heterocycles. The summed E-state index contributed by atoms with van der Waals surface area (Å²) in [6.45, 7) is 10.4. The first-order chi connectivity index (χ1) is 11.6. The average molecular weight is 331 g/mol. The lowest BCUT2D eigenvalue weighted by Gasteiger charge is -2.34. The van der Waals surface area contributed by atoms with Crippen molar-refractivity contribution in [3.05, 3.63) is 35.4 Å². The molecule has 1 aromatic carbocycles. The van der Waals surface area contributed by atoms with Crippen LogP contribution < -0.4 is 5.32 Å². The van der Waals surface area contributed by atoms with Crippen molar-refractivity contribution in [2.24, 2.45) is 0 Å². The first-order valence-corrected chi connectivity index (χ1v) is 10.1. The van der Waals surface area contributed by atoms with Crippen LogP contribution in [0.1, 0.15) is 83.3 Å². The van der Waals surface area contributed by atoms with Crippen LogP contribution in [0.15, 0.2) is 24.3 Å². The van der Waals surface area contributed by atoms with Gasteiger partial charge >= 0.3 is 0 Å². The third kappa shape index (κ3) is 5.07. The predicted octanol–water partition coefficient (Wildman–Crippen LogP) is 5.33. The molecular formula is C22H38N2. The highest BCUT2D eigenvalue weighted by Crippen LogP contribution is 2.33. The van der Waals surface area contributed by atoms with Crippen molar-refractivity contribution in [3.63, 3.8) is 0 Å². The van der Waals surface area contributed by atoms with E-state index in [0.717, 1.165) is 18.5 Å². The quantitative estimate of drug-likeness (QED) is 0.693. The molecule has 2 heteroatoms. The Labute approximate surface area is 150 Å². The Morgan fingerprint density at radius 3 is 1.96 bits per heavy atom. The second kappa shape index (κ2) is 9.58. The topological polar surface area (TPSA) is 15.3 Å².